The summed E-state index contributed by atoms with van der Waals surface area (Å²) in [5.41, 5.74) is 0.852. The van der Waals surface area contributed by atoms with Gasteiger partial charge in [0.2, 0.25) is 12.3 Å². The number of halogens is 3. The first-order chi connectivity index (χ1) is 9.38. The molecule has 1 aromatic rings. The van der Waals surface area contributed by atoms with Gasteiger partial charge >= 0.3 is 5.97 Å². The van der Waals surface area contributed by atoms with Gasteiger partial charge in [0.15, 0.2) is 0 Å². The van der Waals surface area contributed by atoms with E-state index in [1.54, 1.807) is 24.3 Å². The van der Waals surface area contributed by atoms with Crippen molar-refractivity contribution in [3.05, 3.63) is 34.9 Å². The Kier molecular flexibility index (Phi) is 6.38. The largest absolute Gasteiger partial charge is 0.480 e. The molecule has 0 radical (unpaired) electrons. The van der Waals surface area contributed by atoms with Crippen molar-refractivity contribution in [1.29, 1.82) is 0 Å². The Labute approximate surface area is 119 Å². The number of alkyl halides is 2. The van der Waals surface area contributed by atoms with Crippen LogP contribution >= 0.6 is 11.6 Å². The second-order valence-electron chi connectivity index (χ2n) is 4.21. The SMILES string of the molecule is O=C(CCc1ccc(Cl)cc1)NC(CC(F)F)C(=O)O. The zero-order valence-electron chi connectivity index (χ0n) is 10.5. The van der Waals surface area contributed by atoms with E-state index in [2.05, 4.69) is 5.32 Å². The molecular weight excluding hydrogens is 292 g/mol. The maximum absolute atomic E-state index is 12.2. The van der Waals surface area contributed by atoms with Crippen molar-refractivity contribution in [2.45, 2.75) is 31.7 Å². The van der Waals surface area contributed by atoms with E-state index in [0.29, 0.717) is 11.4 Å². The predicted octanol–water partition coefficient (Wildman–Crippen LogP) is 2.50. The van der Waals surface area contributed by atoms with Gasteiger partial charge in [-0.25, -0.2) is 13.6 Å². The average Bonchev–Trinajstić information content (AvgIpc) is 2.36. The lowest BCUT2D eigenvalue weighted by molar-refractivity contribution is -0.143. The van der Waals surface area contributed by atoms with Crippen LogP contribution in [0.15, 0.2) is 24.3 Å². The summed E-state index contributed by atoms with van der Waals surface area (Å²) in [6.07, 6.45) is -3.28. The summed E-state index contributed by atoms with van der Waals surface area (Å²) >= 11 is 5.71. The summed E-state index contributed by atoms with van der Waals surface area (Å²) in [4.78, 5) is 22.3. The van der Waals surface area contributed by atoms with Crippen LogP contribution in [-0.4, -0.2) is 29.5 Å². The third-order valence-electron chi connectivity index (χ3n) is 2.60. The number of benzene rings is 1. The van der Waals surface area contributed by atoms with Gasteiger partial charge in [0.1, 0.15) is 6.04 Å². The number of carbonyl (C=O) groups is 2. The van der Waals surface area contributed by atoms with Gasteiger partial charge in [-0.2, -0.15) is 0 Å². The number of hydrogen-bond acceptors (Lipinski definition) is 2. The first-order valence-corrected chi connectivity index (χ1v) is 6.31. The van der Waals surface area contributed by atoms with E-state index in [9.17, 15) is 18.4 Å². The quantitative estimate of drug-likeness (QED) is 0.813. The van der Waals surface area contributed by atoms with Crippen LogP contribution in [0, 0.1) is 0 Å². The normalized spacial score (nSPS) is 12.2. The van der Waals surface area contributed by atoms with E-state index in [1.807, 2.05) is 0 Å². The molecule has 7 heteroatoms. The van der Waals surface area contributed by atoms with Crippen LogP contribution in [0.3, 0.4) is 0 Å². The van der Waals surface area contributed by atoms with Crippen LogP contribution in [-0.2, 0) is 16.0 Å². The lowest BCUT2D eigenvalue weighted by Gasteiger charge is -2.13. The number of carbonyl (C=O) groups excluding carboxylic acids is 1. The van der Waals surface area contributed by atoms with Crippen LogP contribution in [0.1, 0.15) is 18.4 Å². The molecule has 0 spiro atoms. The summed E-state index contributed by atoms with van der Waals surface area (Å²) in [6.45, 7) is 0. The number of carboxylic acid groups (broad SMARTS) is 1. The number of rotatable bonds is 7. The highest BCUT2D eigenvalue weighted by Gasteiger charge is 2.23. The Balaban J connectivity index is 2.45. The van der Waals surface area contributed by atoms with Gasteiger partial charge in [0, 0.05) is 17.9 Å². The van der Waals surface area contributed by atoms with Crippen molar-refractivity contribution < 1.29 is 23.5 Å². The molecule has 2 N–H and O–H groups in total. The third-order valence-corrected chi connectivity index (χ3v) is 2.85. The van der Waals surface area contributed by atoms with Crippen LogP contribution in [0.25, 0.3) is 0 Å². The third kappa shape index (κ3) is 5.97. The molecule has 0 aliphatic rings. The van der Waals surface area contributed by atoms with Crippen LogP contribution in [0.4, 0.5) is 8.78 Å². The molecule has 0 aliphatic carbocycles. The van der Waals surface area contributed by atoms with E-state index >= 15 is 0 Å². The molecule has 0 heterocycles. The van der Waals surface area contributed by atoms with Crippen molar-refractivity contribution in [1.82, 2.24) is 5.32 Å². The van der Waals surface area contributed by atoms with Gasteiger partial charge in [-0.05, 0) is 24.1 Å². The number of aliphatic carboxylic acids is 1. The topological polar surface area (TPSA) is 66.4 Å². The van der Waals surface area contributed by atoms with Crippen molar-refractivity contribution in [3.63, 3.8) is 0 Å². The fourth-order valence-corrected chi connectivity index (χ4v) is 1.70. The van der Waals surface area contributed by atoms with E-state index in [1.165, 1.54) is 0 Å². The molecule has 20 heavy (non-hydrogen) atoms. The summed E-state index contributed by atoms with van der Waals surface area (Å²) in [7, 11) is 0. The highest BCUT2D eigenvalue weighted by molar-refractivity contribution is 6.30. The molecule has 0 aromatic heterocycles. The Morgan fingerprint density at radius 1 is 1.25 bits per heavy atom. The summed E-state index contributed by atoms with van der Waals surface area (Å²) in [5.74, 6) is -2.04. The lowest BCUT2D eigenvalue weighted by Crippen LogP contribution is -2.42. The van der Waals surface area contributed by atoms with Crippen molar-refractivity contribution in [3.8, 4) is 0 Å². The molecule has 1 unspecified atom stereocenters. The van der Waals surface area contributed by atoms with Crippen molar-refractivity contribution >= 4 is 23.5 Å². The second kappa shape index (κ2) is 7.79. The molecule has 110 valence electrons. The number of aryl methyl sites for hydroxylation is 1. The number of nitrogens with one attached hydrogen (secondary N) is 1. The summed E-state index contributed by atoms with van der Waals surface area (Å²) < 4.78 is 24.3. The zero-order chi connectivity index (χ0) is 15.1. The van der Waals surface area contributed by atoms with Crippen molar-refractivity contribution in [2.75, 3.05) is 0 Å². The molecular formula is C13H14ClF2NO3. The van der Waals surface area contributed by atoms with E-state index in [4.69, 9.17) is 16.7 Å². The standard InChI is InChI=1S/C13H14ClF2NO3/c14-9-4-1-8(2-5-9)3-6-12(18)17-10(13(19)20)7-11(15)16/h1-2,4-5,10-11H,3,6-7H2,(H,17,18)(H,19,20). The van der Waals surface area contributed by atoms with Gasteiger partial charge < -0.3 is 10.4 Å². The van der Waals surface area contributed by atoms with Crippen LogP contribution in [0.5, 0.6) is 0 Å². The minimum atomic E-state index is -2.78. The van der Waals surface area contributed by atoms with Gasteiger partial charge in [-0.1, -0.05) is 23.7 Å². The second-order valence-corrected chi connectivity index (χ2v) is 4.65. The lowest BCUT2D eigenvalue weighted by atomic mass is 10.1. The van der Waals surface area contributed by atoms with E-state index in [-0.39, 0.29) is 6.42 Å². The molecule has 4 nitrogen and oxygen atoms in total. The summed E-state index contributed by atoms with van der Waals surface area (Å²) in [6, 6.07) is 5.26. The Hall–Kier alpha value is -1.69. The zero-order valence-corrected chi connectivity index (χ0v) is 11.2. The Bertz CT molecular complexity index is 465. The van der Waals surface area contributed by atoms with Gasteiger partial charge in [0.05, 0.1) is 0 Å². The Morgan fingerprint density at radius 2 is 1.85 bits per heavy atom. The summed E-state index contributed by atoms with van der Waals surface area (Å²) in [5, 5.41) is 11.4. The van der Waals surface area contributed by atoms with Crippen molar-refractivity contribution in [2.24, 2.45) is 0 Å². The minimum absolute atomic E-state index is 0.0225. The van der Waals surface area contributed by atoms with Gasteiger partial charge in [-0.15, -0.1) is 0 Å². The maximum atomic E-state index is 12.2. The van der Waals surface area contributed by atoms with E-state index < -0.39 is 30.8 Å². The highest BCUT2D eigenvalue weighted by atomic mass is 35.5. The fourth-order valence-electron chi connectivity index (χ4n) is 1.58. The number of carboxylic acids is 1. The first kappa shape index (κ1) is 16.4. The first-order valence-electron chi connectivity index (χ1n) is 5.93. The molecule has 1 atom stereocenters. The predicted molar refractivity (Wildman–Crippen MR) is 70.0 cm³/mol. The fraction of sp³-hybridized carbons (Fsp3) is 0.385. The molecule has 1 aromatic carbocycles. The molecule has 1 rings (SSSR count). The Morgan fingerprint density at radius 3 is 2.35 bits per heavy atom. The maximum Gasteiger partial charge on any atom is 0.326 e. The average molecular weight is 306 g/mol. The minimum Gasteiger partial charge on any atom is -0.480 e. The van der Waals surface area contributed by atoms with Crippen LogP contribution in [0.2, 0.25) is 5.02 Å². The molecule has 0 saturated heterocycles. The van der Waals surface area contributed by atoms with Gasteiger partial charge in [-0.3, -0.25) is 4.79 Å². The molecule has 0 saturated carbocycles. The number of hydrogen-bond donors (Lipinski definition) is 2. The molecule has 1 amide bonds. The van der Waals surface area contributed by atoms with Gasteiger partial charge in [0.25, 0.3) is 0 Å². The van der Waals surface area contributed by atoms with Crippen LogP contribution < -0.4 is 5.32 Å². The molecule has 0 bridgehead atoms. The highest BCUT2D eigenvalue weighted by Crippen LogP contribution is 2.11. The molecule has 0 aliphatic heterocycles. The molecule has 0 fully saturated rings. The number of amides is 1. The smallest absolute Gasteiger partial charge is 0.326 e. The monoisotopic (exact) mass is 305 g/mol. The van der Waals surface area contributed by atoms with E-state index in [0.717, 1.165) is 5.56 Å².